The van der Waals surface area contributed by atoms with Crippen molar-refractivity contribution in [3.8, 4) is 5.69 Å². The number of amides is 1. The van der Waals surface area contributed by atoms with Crippen LogP contribution in [0.15, 0.2) is 65.8 Å². The second-order valence-corrected chi connectivity index (χ2v) is 13.6. The first-order valence-electron chi connectivity index (χ1n) is 17.2. The SMILES string of the molecule is CC(C)N(C)C(=O)c1cc(F)ccc1-n1cc(C2CCCN(Cc3ccc4[nH]c(=O)[nH]c4c3)C2)c2ccncc21.O=C(O)C(O)C(O)C(O)C(O)C(=O)O. The molecular formula is C37H43FN6O10. The summed E-state index contributed by atoms with van der Waals surface area (Å²) in [5, 5.41) is 52.5. The molecule has 0 bridgehead atoms. The molecule has 5 aromatic rings. The fourth-order valence-corrected chi connectivity index (χ4v) is 6.49. The molecule has 1 amide bonds. The van der Waals surface area contributed by atoms with E-state index in [-0.39, 0.29) is 23.6 Å². The van der Waals surface area contributed by atoms with Gasteiger partial charge in [0.15, 0.2) is 12.2 Å². The second kappa shape index (κ2) is 16.7. The van der Waals surface area contributed by atoms with Crippen LogP contribution in [0, 0.1) is 5.82 Å². The van der Waals surface area contributed by atoms with E-state index < -0.39 is 42.2 Å². The van der Waals surface area contributed by atoms with E-state index in [2.05, 4.69) is 32.1 Å². The highest BCUT2D eigenvalue weighted by Crippen LogP contribution is 2.36. The zero-order valence-electron chi connectivity index (χ0n) is 29.8. The minimum atomic E-state index is -2.36. The standard InChI is InChI=1S/C31H33FN6O2.C6H10O8/c1-19(2)36(3)30(39)24-14-22(32)7-9-28(24)38-18-25(23-10-11-33-15-29(23)38)21-5-4-12-37(17-21)16-20-6-8-26-27(13-20)35-31(40)34-26;7-1(3(9)5(11)12)2(8)4(10)6(13)14/h6-11,13-15,18-19,21H,4-5,12,16-17H2,1-3H3,(H2,34,35,40);1-4,7-10H,(H,11,12)(H,13,14). The van der Waals surface area contributed by atoms with E-state index in [9.17, 15) is 23.6 Å². The van der Waals surface area contributed by atoms with E-state index >= 15 is 0 Å². The van der Waals surface area contributed by atoms with Crippen molar-refractivity contribution in [1.29, 1.82) is 0 Å². The van der Waals surface area contributed by atoms with Gasteiger partial charge in [-0.05, 0) is 86.7 Å². The van der Waals surface area contributed by atoms with Crippen molar-refractivity contribution in [2.24, 2.45) is 0 Å². The van der Waals surface area contributed by atoms with E-state index in [0.717, 1.165) is 60.0 Å². The van der Waals surface area contributed by atoms with Crippen LogP contribution in [0.3, 0.4) is 0 Å². The number of likely N-dealkylation sites (tertiary alicyclic amines) is 1. The molecule has 0 spiro atoms. The van der Waals surface area contributed by atoms with Gasteiger partial charge in [0, 0.05) is 44.0 Å². The first kappa shape index (κ1) is 39.7. The fraction of sp³-hybridized carbons (Fsp3) is 0.378. The zero-order chi connectivity index (χ0) is 39.4. The van der Waals surface area contributed by atoms with Gasteiger partial charge in [-0.1, -0.05) is 6.07 Å². The molecule has 6 rings (SSSR count). The van der Waals surface area contributed by atoms with Crippen LogP contribution < -0.4 is 5.69 Å². The first-order valence-corrected chi connectivity index (χ1v) is 17.2. The number of carbonyl (C=O) groups is 3. The number of aliphatic carboxylic acids is 2. The molecule has 1 saturated heterocycles. The lowest BCUT2D eigenvalue weighted by Gasteiger charge is -2.32. The number of aromatic amines is 2. The molecule has 8 N–H and O–H groups in total. The Kier molecular flexibility index (Phi) is 12.3. The molecule has 1 fully saturated rings. The number of carboxylic acids is 2. The van der Waals surface area contributed by atoms with Gasteiger partial charge in [0.2, 0.25) is 0 Å². The Hall–Kier alpha value is -5.46. The number of nitrogens with one attached hydrogen (secondary N) is 2. The summed E-state index contributed by atoms with van der Waals surface area (Å²) in [7, 11) is 1.74. The van der Waals surface area contributed by atoms with Crippen LogP contribution >= 0.6 is 0 Å². The van der Waals surface area contributed by atoms with Crippen LogP contribution in [0.1, 0.15) is 54.1 Å². The van der Waals surface area contributed by atoms with Crippen LogP contribution in [0.4, 0.5) is 4.39 Å². The number of hydrogen-bond donors (Lipinski definition) is 8. The van der Waals surface area contributed by atoms with Crippen molar-refractivity contribution in [2.75, 3.05) is 20.1 Å². The van der Waals surface area contributed by atoms with E-state index in [4.69, 9.17) is 30.6 Å². The van der Waals surface area contributed by atoms with Gasteiger partial charge in [-0.25, -0.2) is 18.8 Å². The average molecular weight is 751 g/mol. The van der Waals surface area contributed by atoms with Gasteiger partial charge in [0.05, 0.1) is 34.0 Å². The Labute approximate surface area is 307 Å². The number of pyridine rings is 1. The van der Waals surface area contributed by atoms with E-state index in [1.54, 1.807) is 24.2 Å². The zero-order valence-corrected chi connectivity index (χ0v) is 29.8. The minimum Gasteiger partial charge on any atom is -0.479 e. The molecule has 17 heteroatoms. The number of halogens is 1. The number of imidazole rings is 1. The molecule has 0 saturated carbocycles. The molecule has 1 aliphatic heterocycles. The van der Waals surface area contributed by atoms with Crippen molar-refractivity contribution in [3.63, 3.8) is 0 Å². The maximum Gasteiger partial charge on any atom is 0.335 e. The van der Waals surface area contributed by atoms with E-state index in [0.29, 0.717) is 11.3 Å². The van der Waals surface area contributed by atoms with Crippen LogP contribution in [0.2, 0.25) is 0 Å². The smallest absolute Gasteiger partial charge is 0.335 e. The molecule has 288 valence electrons. The fourth-order valence-electron chi connectivity index (χ4n) is 6.49. The number of benzene rings is 2. The summed E-state index contributed by atoms with van der Waals surface area (Å²) in [6.45, 7) is 6.55. The highest BCUT2D eigenvalue weighted by molar-refractivity contribution is 5.99. The van der Waals surface area contributed by atoms with Crippen molar-refractivity contribution in [2.45, 2.75) is 69.6 Å². The number of H-pyrrole nitrogens is 2. The maximum atomic E-state index is 14.4. The molecular weight excluding hydrogens is 707 g/mol. The molecule has 3 aromatic heterocycles. The highest BCUT2D eigenvalue weighted by atomic mass is 19.1. The van der Waals surface area contributed by atoms with Crippen molar-refractivity contribution in [3.05, 3.63) is 94.0 Å². The third-order valence-electron chi connectivity index (χ3n) is 9.62. The summed E-state index contributed by atoms with van der Waals surface area (Å²) in [6.07, 6.45) is -1.45. The Morgan fingerprint density at radius 1 is 0.963 bits per heavy atom. The number of aromatic nitrogens is 4. The number of carbonyl (C=O) groups excluding carboxylic acids is 1. The summed E-state index contributed by atoms with van der Waals surface area (Å²) in [4.78, 5) is 59.3. The number of carboxylic acid groups (broad SMARTS) is 2. The molecule has 0 radical (unpaired) electrons. The monoisotopic (exact) mass is 750 g/mol. The van der Waals surface area contributed by atoms with E-state index in [1.165, 1.54) is 17.7 Å². The van der Waals surface area contributed by atoms with E-state index in [1.807, 2.05) is 42.8 Å². The summed E-state index contributed by atoms with van der Waals surface area (Å²) in [6, 6.07) is 12.5. The van der Waals surface area contributed by atoms with Crippen molar-refractivity contribution in [1.82, 2.24) is 29.3 Å². The third kappa shape index (κ3) is 8.67. The van der Waals surface area contributed by atoms with Crippen LogP contribution in [-0.2, 0) is 16.1 Å². The number of piperidine rings is 1. The second-order valence-electron chi connectivity index (χ2n) is 13.6. The minimum absolute atomic E-state index is 0.0197. The Balaban J connectivity index is 0.000000342. The molecule has 5 unspecified atom stereocenters. The number of aliphatic hydroxyl groups excluding tert-OH is 4. The molecule has 54 heavy (non-hydrogen) atoms. The number of aliphatic hydroxyl groups is 4. The normalized spacial score (nSPS) is 17.1. The largest absolute Gasteiger partial charge is 0.479 e. The Morgan fingerprint density at radius 3 is 2.28 bits per heavy atom. The number of fused-ring (bicyclic) bond motifs is 2. The van der Waals surface area contributed by atoms with Gasteiger partial charge >= 0.3 is 17.6 Å². The Morgan fingerprint density at radius 2 is 1.63 bits per heavy atom. The number of rotatable bonds is 11. The summed E-state index contributed by atoms with van der Waals surface area (Å²) < 4.78 is 16.4. The quantitative estimate of drug-likeness (QED) is 0.0964. The lowest BCUT2D eigenvalue weighted by molar-refractivity contribution is -0.172. The van der Waals surface area contributed by atoms with Gasteiger partial charge in [0.25, 0.3) is 5.91 Å². The molecule has 4 heterocycles. The molecule has 5 atom stereocenters. The topological polar surface area (TPSA) is 246 Å². The predicted molar refractivity (Wildman–Crippen MR) is 194 cm³/mol. The lowest BCUT2D eigenvalue weighted by Crippen LogP contribution is -2.49. The summed E-state index contributed by atoms with van der Waals surface area (Å²) >= 11 is 0. The molecule has 1 aliphatic rings. The lowest BCUT2D eigenvalue weighted by atomic mass is 9.90. The van der Waals surface area contributed by atoms with Crippen LogP contribution in [0.25, 0.3) is 27.6 Å². The third-order valence-corrected chi connectivity index (χ3v) is 9.62. The summed E-state index contributed by atoms with van der Waals surface area (Å²) in [5.41, 5.74) is 5.65. The van der Waals surface area contributed by atoms with Gasteiger partial charge in [-0.2, -0.15) is 0 Å². The van der Waals surface area contributed by atoms with Gasteiger partial charge in [-0.15, -0.1) is 0 Å². The predicted octanol–water partition coefficient (Wildman–Crippen LogP) is 1.79. The Bertz CT molecular complexity index is 2170. The van der Waals surface area contributed by atoms with Gasteiger partial charge in [0.1, 0.15) is 18.0 Å². The van der Waals surface area contributed by atoms with Gasteiger partial charge < -0.3 is 50.1 Å². The van der Waals surface area contributed by atoms with Crippen LogP contribution in [-0.4, -0.2) is 128 Å². The van der Waals surface area contributed by atoms with Crippen molar-refractivity contribution >= 4 is 39.8 Å². The van der Waals surface area contributed by atoms with Crippen LogP contribution in [0.5, 0.6) is 0 Å². The number of hydrogen-bond acceptors (Lipinski definition) is 10. The molecule has 0 aliphatic carbocycles. The number of nitrogens with zero attached hydrogens (tertiary/aromatic N) is 4. The highest BCUT2D eigenvalue weighted by Gasteiger charge is 2.37. The van der Waals surface area contributed by atoms with Crippen molar-refractivity contribution < 1.29 is 49.4 Å². The first-order chi connectivity index (χ1) is 25.6. The summed E-state index contributed by atoms with van der Waals surface area (Å²) in [5.74, 6) is -4.05. The molecule has 16 nitrogen and oxygen atoms in total. The average Bonchev–Trinajstić information content (AvgIpc) is 3.72. The maximum absolute atomic E-state index is 14.4. The van der Waals surface area contributed by atoms with Gasteiger partial charge in [-0.3, -0.25) is 14.7 Å². The molecule has 2 aromatic carbocycles.